The number of ether oxygens (including phenoxy) is 1. The van der Waals surface area contributed by atoms with Crippen LogP contribution in [-0.2, 0) is 4.79 Å². The molecule has 30 heavy (non-hydrogen) atoms. The van der Waals surface area contributed by atoms with E-state index in [0.29, 0.717) is 17.3 Å². The number of rotatable bonds is 3. The first kappa shape index (κ1) is 18.9. The summed E-state index contributed by atoms with van der Waals surface area (Å²) >= 11 is 6.04. The van der Waals surface area contributed by atoms with Gasteiger partial charge in [-0.05, 0) is 54.7 Å². The summed E-state index contributed by atoms with van der Waals surface area (Å²) in [6, 6.07) is 15.6. The number of hydrogen-bond acceptors (Lipinski definition) is 5. The predicted molar refractivity (Wildman–Crippen MR) is 115 cm³/mol. The van der Waals surface area contributed by atoms with E-state index in [4.69, 9.17) is 20.9 Å². The molecule has 0 saturated carbocycles. The Hall–Kier alpha value is -3.05. The second-order valence-electron chi connectivity index (χ2n) is 7.82. The fraction of sp³-hybridized carbons (Fsp3) is 0.250. The minimum absolute atomic E-state index is 0.0949. The molecule has 152 valence electrons. The average molecular weight is 421 g/mol. The molecule has 2 aliphatic rings. The van der Waals surface area contributed by atoms with Gasteiger partial charge in [0.2, 0.25) is 5.88 Å². The number of benzene rings is 2. The summed E-state index contributed by atoms with van der Waals surface area (Å²) in [6.45, 7) is 1.91. The second kappa shape index (κ2) is 7.33. The van der Waals surface area contributed by atoms with E-state index in [1.807, 2.05) is 55.5 Å². The van der Waals surface area contributed by atoms with Crippen LogP contribution in [0.2, 0.25) is 5.02 Å². The lowest BCUT2D eigenvalue weighted by atomic mass is 9.72. The van der Waals surface area contributed by atoms with Crippen molar-refractivity contribution in [3.05, 3.63) is 87.2 Å². The van der Waals surface area contributed by atoms with Crippen molar-refractivity contribution in [2.75, 3.05) is 12.4 Å². The number of aryl methyl sites for hydroxylation is 1. The third-order valence-corrected chi connectivity index (χ3v) is 6.28. The van der Waals surface area contributed by atoms with Crippen molar-refractivity contribution in [3.63, 3.8) is 0 Å². The molecule has 0 amide bonds. The van der Waals surface area contributed by atoms with E-state index in [-0.39, 0.29) is 17.6 Å². The lowest BCUT2D eigenvalue weighted by Gasteiger charge is -2.34. The number of halogens is 1. The highest BCUT2D eigenvalue weighted by Crippen LogP contribution is 2.49. The summed E-state index contributed by atoms with van der Waals surface area (Å²) < 4.78 is 11.0. The monoisotopic (exact) mass is 420 g/mol. The van der Waals surface area contributed by atoms with Gasteiger partial charge in [-0.3, -0.25) is 4.79 Å². The molecule has 2 heterocycles. The number of Topliss-reactive ketones (excluding diaryl/α,β-unsaturated/α-hetero) is 1. The molecule has 1 aromatic heterocycles. The zero-order valence-electron chi connectivity index (χ0n) is 16.7. The van der Waals surface area contributed by atoms with Crippen LogP contribution in [0.3, 0.4) is 0 Å². The van der Waals surface area contributed by atoms with Crippen LogP contribution in [0.1, 0.15) is 47.1 Å². The van der Waals surface area contributed by atoms with Gasteiger partial charge in [0.15, 0.2) is 5.78 Å². The Labute approximate surface area is 179 Å². The molecule has 0 saturated heterocycles. The number of aromatic nitrogens is 1. The van der Waals surface area contributed by atoms with Gasteiger partial charge in [-0.1, -0.05) is 41.0 Å². The summed E-state index contributed by atoms with van der Waals surface area (Å²) in [7, 11) is 1.64. The molecule has 0 fully saturated rings. The van der Waals surface area contributed by atoms with E-state index < -0.39 is 0 Å². The maximum absolute atomic E-state index is 13.5. The molecule has 1 aliphatic carbocycles. The molecular weight excluding hydrogens is 400 g/mol. The Morgan fingerprint density at radius 1 is 1.13 bits per heavy atom. The van der Waals surface area contributed by atoms with Gasteiger partial charge in [0.05, 0.1) is 18.4 Å². The van der Waals surface area contributed by atoms with Crippen molar-refractivity contribution in [2.45, 2.75) is 31.6 Å². The molecule has 0 spiro atoms. The van der Waals surface area contributed by atoms with Gasteiger partial charge in [-0.2, -0.15) is 0 Å². The van der Waals surface area contributed by atoms with E-state index in [0.717, 1.165) is 45.8 Å². The van der Waals surface area contributed by atoms with Crippen molar-refractivity contribution in [1.29, 1.82) is 0 Å². The number of fused-ring (bicyclic) bond motifs is 1. The molecule has 6 heteroatoms. The molecule has 1 N–H and O–H groups in total. The standard InChI is InChI=1S/C24H21ClN2O3/c1-13-21-22(15-4-3-5-18(10-15)29-2)23-19(26-24(21)30-27-13)11-16(12-20(23)28)14-6-8-17(25)9-7-14/h3-10,16,22,26H,11-12H2,1-2H3/t16-,22+/m0/s1. The number of nitrogens with zero attached hydrogens (tertiary/aromatic N) is 1. The van der Waals surface area contributed by atoms with E-state index in [1.165, 1.54) is 0 Å². The molecule has 1 aliphatic heterocycles. The number of allylic oxidation sites excluding steroid dienone is 2. The first-order valence-corrected chi connectivity index (χ1v) is 10.3. The van der Waals surface area contributed by atoms with Crippen LogP contribution in [-0.4, -0.2) is 18.0 Å². The van der Waals surface area contributed by atoms with Gasteiger partial charge >= 0.3 is 0 Å². The lowest BCUT2D eigenvalue weighted by molar-refractivity contribution is -0.116. The summed E-state index contributed by atoms with van der Waals surface area (Å²) in [5.74, 6) is 1.38. The third-order valence-electron chi connectivity index (χ3n) is 6.03. The summed E-state index contributed by atoms with van der Waals surface area (Å²) in [5.41, 5.74) is 5.51. The zero-order chi connectivity index (χ0) is 20.8. The second-order valence-corrected chi connectivity index (χ2v) is 8.25. The topological polar surface area (TPSA) is 64.4 Å². The van der Waals surface area contributed by atoms with Crippen LogP contribution in [0, 0.1) is 6.92 Å². The number of hydrogen-bond donors (Lipinski definition) is 1. The highest BCUT2D eigenvalue weighted by atomic mass is 35.5. The maximum atomic E-state index is 13.5. The molecule has 0 bridgehead atoms. The first-order chi connectivity index (χ1) is 14.5. The molecule has 0 radical (unpaired) electrons. The highest BCUT2D eigenvalue weighted by molar-refractivity contribution is 6.30. The quantitative estimate of drug-likeness (QED) is 0.597. The summed E-state index contributed by atoms with van der Waals surface area (Å²) in [4.78, 5) is 13.5. The van der Waals surface area contributed by atoms with E-state index in [2.05, 4.69) is 10.5 Å². The normalized spacial score (nSPS) is 20.4. The Morgan fingerprint density at radius 3 is 2.70 bits per heavy atom. The first-order valence-electron chi connectivity index (χ1n) is 9.94. The van der Waals surface area contributed by atoms with E-state index in [1.54, 1.807) is 7.11 Å². The van der Waals surface area contributed by atoms with Crippen LogP contribution in [0.15, 0.2) is 64.3 Å². The zero-order valence-corrected chi connectivity index (χ0v) is 17.5. The van der Waals surface area contributed by atoms with Crippen LogP contribution < -0.4 is 10.1 Å². The molecule has 5 nitrogen and oxygen atoms in total. The maximum Gasteiger partial charge on any atom is 0.233 e. The number of ketones is 1. The van der Waals surface area contributed by atoms with Crippen molar-refractivity contribution >= 4 is 23.3 Å². The highest BCUT2D eigenvalue weighted by Gasteiger charge is 2.41. The van der Waals surface area contributed by atoms with Gasteiger partial charge in [0.1, 0.15) is 5.75 Å². The SMILES string of the molecule is COc1cccc([C@H]2C3=C(C[C@H](c4ccc(Cl)cc4)CC3=O)Nc3onc(C)c32)c1. The van der Waals surface area contributed by atoms with Crippen molar-refractivity contribution in [2.24, 2.45) is 0 Å². The Balaban J connectivity index is 1.61. The Morgan fingerprint density at radius 2 is 1.93 bits per heavy atom. The van der Waals surface area contributed by atoms with Gasteiger partial charge in [0.25, 0.3) is 0 Å². The lowest BCUT2D eigenvalue weighted by Crippen LogP contribution is -2.29. The van der Waals surface area contributed by atoms with Crippen LogP contribution in [0.5, 0.6) is 5.75 Å². The van der Waals surface area contributed by atoms with Gasteiger partial charge in [-0.15, -0.1) is 0 Å². The molecule has 2 atom stereocenters. The van der Waals surface area contributed by atoms with E-state index >= 15 is 0 Å². The number of nitrogens with one attached hydrogen (secondary N) is 1. The minimum atomic E-state index is -0.226. The molecular formula is C24H21ClN2O3. The fourth-order valence-corrected chi connectivity index (χ4v) is 4.72. The smallest absolute Gasteiger partial charge is 0.233 e. The minimum Gasteiger partial charge on any atom is -0.497 e. The predicted octanol–water partition coefficient (Wildman–Crippen LogP) is 5.60. The number of carbonyl (C=O) groups is 1. The molecule has 3 aromatic rings. The van der Waals surface area contributed by atoms with Crippen molar-refractivity contribution < 1.29 is 14.1 Å². The summed E-state index contributed by atoms with van der Waals surface area (Å²) in [5, 5.41) is 8.22. The summed E-state index contributed by atoms with van der Waals surface area (Å²) in [6.07, 6.45) is 1.19. The largest absolute Gasteiger partial charge is 0.497 e. The molecule has 0 unspecified atom stereocenters. The van der Waals surface area contributed by atoms with Gasteiger partial charge in [-0.25, -0.2) is 0 Å². The van der Waals surface area contributed by atoms with Gasteiger partial charge < -0.3 is 14.6 Å². The molecule has 5 rings (SSSR count). The van der Waals surface area contributed by atoms with E-state index in [9.17, 15) is 4.79 Å². The van der Waals surface area contributed by atoms with Crippen LogP contribution in [0.4, 0.5) is 5.88 Å². The molecule has 2 aromatic carbocycles. The number of carbonyl (C=O) groups excluding carboxylic acids is 1. The number of anilines is 1. The van der Waals surface area contributed by atoms with Crippen molar-refractivity contribution in [3.8, 4) is 5.75 Å². The Bertz CT molecular complexity index is 1160. The number of methoxy groups -OCH3 is 1. The average Bonchev–Trinajstić information content (AvgIpc) is 3.13. The third kappa shape index (κ3) is 3.10. The van der Waals surface area contributed by atoms with Gasteiger partial charge in [0, 0.05) is 28.6 Å². The fourth-order valence-electron chi connectivity index (χ4n) is 4.60. The van der Waals surface area contributed by atoms with Crippen LogP contribution >= 0.6 is 11.6 Å². The van der Waals surface area contributed by atoms with Crippen molar-refractivity contribution in [1.82, 2.24) is 5.16 Å². The van der Waals surface area contributed by atoms with Crippen LogP contribution in [0.25, 0.3) is 0 Å². The Kier molecular flexibility index (Phi) is 4.63.